The molecule has 0 bridgehead atoms. The zero-order valence-corrected chi connectivity index (χ0v) is 20.5. The van der Waals surface area contributed by atoms with Gasteiger partial charge < -0.3 is 9.47 Å². The standard InChI is InChI=1S/C27H28N2O3S/c1-17-13-18(2)21(19(3)14-17)15-24(30)29(16-20-9-7-6-8-10-20)27-28-25-22(31-4)11-12-23(32-5)26(25)33-27/h6-14H,15-16H2,1-5H3. The van der Waals surface area contributed by atoms with Crippen LogP contribution in [-0.2, 0) is 17.8 Å². The Morgan fingerprint density at radius 2 is 1.58 bits per heavy atom. The molecule has 0 aliphatic carbocycles. The third kappa shape index (κ3) is 4.71. The molecule has 1 aromatic heterocycles. The van der Waals surface area contributed by atoms with Gasteiger partial charge in [0.25, 0.3) is 0 Å². The van der Waals surface area contributed by atoms with Gasteiger partial charge in [-0.25, -0.2) is 4.98 Å². The summed E-state index contributed by atoms with van der Waals surface area (Å²) < 4.78 is 11.9. The lowest BCUT2D eigenvalue weighted by Crippen LogP contribution is -2.32. The van der Waals surface area contributed by atoms with E-state index in [1.165, 1.54) is 16.9 Å². The molecule has 0 aliphatic heterocycles. The van der Waals surface area contributed by atoms with Crippen molar-refractivity contribution in [3.8, 4) is 11.5 Å². The van der Waals surface area contributed by atoms with Crippen LogP contribution in [0.25, 0.3) is 10.2 Å². The monoisotopic (exact) mass is 460 g/mol. The van der Waals surface area contributed by atoms with Crippen molar-refractivity contribution in [2.75, 3.05) is 19.1 Å². The Bertz CT molecular complexity index is 1230. The van der Waals surface area contributed by atoms with Gasteiger partial charge in [-0.05, 0) is 55.2 Å². The quantitative estimate of drug-likeness (QED) is 0.339. The molecule has 33 heavy (non-hydrogen) atoms. The SMILES string of the molecule is COc1ccc(OC)c2sc(N(Cc3ccccc3)C(=O)Cc3c(C)cc(C)cc3C)nc12. The van der Waals surface area contributed by atoms with Gasteiger partial charge in [-0.15, -0.1) is 0 Å². The Morgan fingerprint density at radius 3 is 2.21 bits per heavy atom. The first-order valence-electron chi connectivity index (χ1n) is 10.8. The van der Waals surface area contributed by atoms with E-state index in [0.717, 1.165) is 27.0 Å². The summed E-state index contributed by atoms with van der Waals surface area (Å²) in [5, 5.41) is 0.629. The Balaban J connectivity index is 1.78. The number of thiazole rings is 1. The second-order valence-electron chi connectivity index (χ2n) is 8.16. The predicted octanol–water partition coefficient (Wildman–Crippen LogP) is 6.01. The highest BCUT2D eigenvalue weighted by atomic mass is 32.1. The zero-order valence-electron chi connectivity index (χ0n) is 19.6. The first kappa shape index (κ1) is 22.8. The van der Waals surface area contributed by atoms with E-state index in [2.05, 4.69) is 32.9 Å². The molecule has 0 spiro atoms. The summed E-state index contributed by atoms with van der Waals surface area (Å²) in [5.41, 5.74) is 6.28. The van der Waals surface area contributed by atoms with Gasteiger partial charge >= 0.3 is 0 Å². The van der Waals surface area contributed by atoms with Crippen LogP contribution in [0.1, 0.15) is 27.8 Å². The number of anilines is 1. The number of methoxy groups -OCH3 is 2. The van der Waals surface area contributed by atoms with Crippen LogP contribution in [0.5, 0.6) is 11.5 Å². The van der Waals surface area contributed by atoms with Gasteiger partial charge in [0.2, 0.25) is 5.91 Å². The molecule has 1 amide bonds. The van der Waals surface area contributed by atoms with E-state index in [1.807, 2.05) is 42.5 Å². The van der Waals surface area contributed by atoms with Gasteiger partial charge in [0.05, 0.1) is 27.2 Å². The maximum Gasteiger partial charge on any atom is 0.233 e. The molecular formula is C27H28N2O3S. The van der Waals surface area contributed by atoms with E-state index in [-0.39, 0.29) is 5.91 Å². The van der Waals surface area contributed by atoms with Gasteiger partial charge in [-0.2, -0.15) is 0 Å². The molecule has 5 nitrogen and oxygen atoms in total. The van der Waals surface area contributed by atoms with Crippen LogP contribution in [0.4, 0.5) is 5.13 Å². The molecule has 0 saturated carbocycles. The van der Waals surface area contributed by atoms with E-state index in [1.54, 1.807) is 19.1 Å². The average molecular weight is 461 g/mol. The van der Waals surface area contributed by atoms with E-state index >= 15 is 0 Å². The minimum atomic E-state index is 0.00546. The van der Waals surface area contributed by atoms with Crippen molar-refractivity contribution >= 4 is 32.6 Å². The second-order valence-corrected chi connectivity index (χ2v) is 9.14. The Hall–Kier alpha value is -3.38. The number of aryl methyl sites for hydroxylation is 3. The van der Waals surface area contributed by atoms with Crippen LogP contribution in [0.2, 0.25) is 0 Å². The number of aromatic nitrogens is 1. The molecule has 0 N–H and O–H groups in total. The minimum Gasteiger partial charge on any atom is -0.495 e. The summed E-state index contributed by atoms with van der Waals surface area (Å²) in [5.74, 6) is 1.38. The number of amides is 1. The van der Waals surface area contributed by atoms with Crippen molar-refractivity contribution in [1.29, 1.82) is 0 Å². The van der Waals surface area contributed by atoms with Crippen molar-refractivity contribution < 1.29 is 14.3 Å². The number of fused-ring (bicyclic) bond motifs is 1. The molecule has 4 aromatic rings. The number of benzene rings is 3. The van der Waals surface area contributed by atoms with Gasteiger partial charge in [-0.1, -0.05) is 59.4 Å². The summed E-state index contributed by atoms with van der Waals surface area (Å²) in [6, 6.07) is 18.0. The molecule has 3 aromatic carbocycles. The molecule has 170 valence electrons. The number of hydrogen-bond donors (Lipinski definition) is 0. The van der Waals surface area contributed by atoms with Crippen LogP contribution in [-0.4, -0.2) is 25.1 Å². The maximum absolute atomic E-state index is 13.7. The summed E-state index contributed by atoms with van der Waals surface area (Å²) in [4.78, 5) is 20.3. The van der Waals surface area contributed by atoms with Gasteiger partial charge in [0.1, 0.15) is 21.7 Å². The zero-order chi connectivity index (χ0) is 23.5. The maximum atomic E-state index is 13.7. The highest BCUT2D eigenvalue weighted by Gasteiger charge is 2.24. The Labute approximate surface area is 198 Å². The summed E-state index contributed by atoms with van der Waals surface area (Å²) >= 11 is 1.44. The van der Waals surface area contributed by atoms with Crippen molar-refractivity contribution in [2.24, 2.45) is 0 Å². The number of ether oxygens (including phenoxy) is 2. The van der Waals surface area contributed by atoms with Crippen LogP contribution < -0.4 is 14.4 Å². The lowest BCUT2D eigenvalue weighted by atomic mass is 9.97. The number of carbonyl (C=O) groups excluding carboxylic acids is 1. The predicted molar refractivity (Wildman–Crippen MR) is 135 cm³/mol. The van der Waals surface area contributed by atoms with Crippen molar-refractivity contribution in [3.63, 3.8) is 0 Å². The average Bonchev–Trinajstić information content (AvgIpc) is 3.25. The second kappa shape index (κ2) is 9.63. The fraction of sp³-hybridized carbons (Fsp3) is 0.259. The van der Waals surface area contributed by atoms with Gasteiger partial charge in [-0.3, -0.25) is 9.69 Å². The topological polar surface area (TPSA) is 51.7 Å². The lowest BCUT2D eigenvalue weighted by molar-refractivity contribution is -0.118. The normalized spacial score (nSPS) is 10.9. The number of rotatable bonds is 7. The van der Waals surface area contributed by atoms with Crippen LogP contribution in [0.15, 0.2) is 54.6 Å². The molecule has 4 rings (SSSR count). The number of nitrogens with zero attached hydrogens (tertiary/aromatic N) is 2. The lowest BCUT2D eigenvalue weighted by Gasteiger charge is -2.21. The number of carbonyl (C=O) groups is 1. The Kier molecular flexibility index (Phi) is 6.65. The van der Waals surface area contributed by atoms with E-state index in [4.69, 9.17) is 14.5 Å². The van der Waals surface area contributed by atoms with Gasteiger partial charge in [0, 0.05) is 0 Å². The molecule has 0 radical (unpaired) electrons. The van der Waals surface area contributed by atoms with Crippen LogP contribution in [0, 0.1) is 20.8 Å². The van der Waals surface area contributed by atoms with Gasteiger partial charge in [0.15, 0.2) is 5.13 Å². The van der Waals surface area contributed by atoms with Crippen molar-refractivity contribution in [1.82, 2.24) is 4.98 Å². The number of hydrogen-bond acceptors (Lipinski definition) is 5. The Morgan fingerprint density at radius 1 is 0.939 bits per heavy atom. The minimum absolute atomic E-state index is 0.00546. The third-order valence-corrected chi connectivity index (χ3v) is 6.88. The molecule has 0 fully saturated rings. The first-order chi connectivity index (χ1) is 15.9. The molecule has 1 heterocycles. The molecule has 0 atom stereocenters. The fourth-order valence-electron chi connectivity index (χ4n) is 4.15. The largest absolute Gasteiger partial charge is 0.495 e. The molecule has 0 aliphatic rings. The van der Waals surface area contributed by atoms with E-state index < -0.39 is 0 Å². The fourth-order valence-corrected chi connectivity index (χ4v) is 5.24. The van der Waals surface area contributed by atoms with Crippen molar-refractivity contribution in [2.45, 2.75) is 33.7 Å². The molecule has 0 unspecified atom stereocenters. The molecular weight excluding hydrogens is 432 g/mol. The first-order valence-corrected chi connectivity index (χ1v) is 11.7. The molecule has 0 saturated heterocycles. The van der Waals surface area contributed by atoms with E-state index in [9.17, 15) is 4.79 Å². The third-order valence-electron chi connectivity index (χ3n) is 5.78. The highest BCUT2D eigenvalue weighted by Crippen LogP contribution is 2.40. The van der Waals surface area contributed by atoms with Crippen LogP contribution in [0.3, 0.4) is 0 Å². The van der Waals surface area contributed by atoms with Crippen molar-refractivity contribution in [3.05, 3.63) is 82.4 Å². The highest BCUT2D eigenvalue weighted by molar-refractivity contribution is 7.22. The smallest absolute Gasteiger partial charge is 0.233 e. The van der Waals surface area contributed by atoms with E-state index in [0.29, 0.717) is 35.1 Å². The molecule has 6 heteroatoms. The summed E-state index contributed by atoms with van der Waals surface area (Å²) in [6.07, 6.45) is 0.314. The summed E-state index contributed by atoms with van der Waals surface area (Å²) in [7, 11) is 3.26. The van der Waals surface area contributed by atoms with Crippen LogP contribution >= 0.6 is 11.3 Å². The summed E-state index contributed by atoms with van der Waals surface area (Å²) in [6.45, 7) is 6.65.